The summed E-state index contributed by atoms with van der Waals surface area (Å²) >= 11 is 8.38. The number of nitrogen functional groups attached to an aromatic ring is 1. The molecule has 0 spiro atoms. The van der Waals surface area contributed by atoms with Crippen molar-refractivity contribution < 1.29 is 4.52 Å². The summed E-state index contributed by atoms with van der Waals surface area (Å²) in [4.78, 5) is 0. The Labute approximate surface area is 141 Å². The minimum absolute atomic E-state index is 0.365. The number of hydrogen-bond acceptors (Lipinski definition) is 3. The lowest BCUT2D eigenvalue weighted by Crippen LogP contribution is -1.91. The molecule has 3 nitrogen and oxygen atoms in total. The number of anilines is 1. The van der Waals surface area contributed by atoms with Crippen molar-refractivity contribution in [3.05, 3.63) is 56.6 Å². The summed E-state index contributed by atoms with van der Waals surface area (Å²) in [7, 11) is 0. The van der Waals surface area contributed by atoms with Gasteiger partial charge in [-0.25, -0.2) is 0 Å². The highest BCUT2D eigenvalue weighted by Crippen LogP contribution is 2.39. The van der Waals surface area contributed by atoms with Crippen LogP contribution in [0.25, 0.3) is 22.5 Å². The van der Waals surface area contributed by atoms with E-state index in [1.165, 1.54) is 5.56 Å². The highest BCUT2D eigenvalue weighted by molar-refractivity contribution is 14.1. The quantitative estimate of drug-likeness (QED) is 0.594. The van der Waals surface area contributed by atoms with Gasteiger partial charge in [-0.15, -0.1) is 0 Å². The first-order valence-electron chi connectivity index (χ1n) is 6.34. The van der Waals surface area contributed by atoms with Gasteiger partial charge in [0.05, 0.1) is 5.56 Å². The van der Waals surface area contributed by atoms with Crippen molar-refractivity contribution >= 4 is 40.0 Å². The minimum Gasteiger partial charge on any atom is -0.380 e. The number of nitrogens with zero attached hydrogens (tertiary/aromatic N) is 1. The molecule has 0 saturated carbocycles. The second kappa shape index (κ2) is 5.69. The second-order valence-electron chi connectivity index (χ2n) is 4.72. The van der Waals surface area contributed by atoms with Crippen LogP contribution in [0.4, 0.5) is 5.82 Å². The van der Waals surface area contributed by atoms with E-state index in [9.17, 15) is 0 Å². The zero-order valence-corrected chi connectivity index (χ0v) is 14.1. The number of rotatable bonds is 2. The van der Waals surface area contributed by atoms with Crippen molar-refractivity contribution in [3.63, 3.8) is 0 Å². The zero-order chi connectivity index (χ0) is 15.0. The van der Waals surface area contributed by atoms with Crippen molar-refractivity contribution in [2.45, 2.75) is 6.92 Å². The molecular formula is C16H12ClIN2O. The van der Waals surface area contributed by atoms with Crippen molar-refractivity contribution in [2.24, 2.45) is 0 Å². The Balaban J connectivity index is 2.24. The summed E-state index contributed by atoms with van der Waals surface area (Å²) in [6.07, 6.45) is 0. The van der Waals surface area contributed by atoms with Crippen molar-refractivity contribution in [2.75, 3.05) is 5.73 Å². The van der Waals surface area contributed by atoms with E-state index in [0.717, 1.165) is 20.3 Å². The maximum Gasteiger partial charge on any atom is 0.177 e. The Bertz CT molecular complexity index is 814. The molecule has 2 N–H and O–H groups in total. The fourth-order valence-corrected chi connectivity index (χ4v) is 3.03. The lowest BCUT2D eigenvalue weighted by Gasteiger charge is -2.07. The first kappa shape index (κ1) is 14.4. The standard InChI is InChI=1S/C16H12ClIN2O/c1-9-4-2-7-12(14(9)18)15-13(16(19)20-21-15)10-5-3-6-11(17)8-10/h2-8H,1H3,(H2,19,20). The molecule has 0 unspecified atom stereocenters. The molecule has 0 atom stereocenters. The van der Waals surface area contributed by atoms with Gasteiger partial charge in [0.15, 0.2) is 11.6 Å². The lowest BCUT2D eigenvalue weighted by molar-refractivity contribution is 0.436. The molecule has 0 aliphatic carbocycles. The van der Waals surface area contributed by atoms with Crippen LogP contribution in [-0.2, 0) is 0 Å². The molecular weight excluding hydrogens is 399 g/mol. The van der Waals surface area contributed by atoms with Gasteiger partial charge in [0.1, 0.15) is 0 Å². The smallest absolute Gasteiger partial charge is 0.177 e. The third kappa shape index (κ3) is 2.65. The van der Waals surface area contributed by atoms with E-state index in [0.29, 0.717) is 16.6 Å². The van der Waals surface area contributed by atoms with Crippen molar-refractivity contribution in [3.8, 4) is 22.5 Å². The molecule has 0 aliphatic rings. The van der Waals surface area contributed by atoms with Crippen LogP contribution in [0, 0.1) is 10.5 Å². The molecule has 21 heavy (non-hydrogen) atoms. The van der Waals surface area contributed by atoms with Gasteiger partial charge in [-0.1, -0.05) is 47.1 Å². The third-order valence-corrected chi connectivity index (χ3v) is 4.94. The van der Waals surface area contributed by atoms with Crippen molar-refractivity contribution in [1.82, 2.24) is 5.16 Å². The number of nitrogens with two attached hydrogens (primary N) is 1. The van der Waals surface area contributed by atoms with Crippen LogP contribution in [-0.4, -0.2) is 5.16 Å². The Morgan fingerprint density at radius 1 is 1.19 bits per heavy atom. The summed E-state index contributed by atoms with van der Waals surface area (Å²) in [6, 6.07) is 13.6. The number of aryl methyl sites for hydroxylation is 1. The molecule has 106 valence electrons. The molecule has 0 saturated heterocycles. The van der Waals surface area contributed by atoms with Gasteiger partial charge in [-0.3, -0.25) is 0 Å². The Hall–Kier alpha value is -1.53. The predicted octanol–water partition coefficient (Wildman–Crippen LogP) is 5.16. The van der Waals surface area contributed by atoms with Crippen LogP contribution in [0.5, 0.6) is 0 Å². The summed E-state index contributed by atoms with van der Waals surface area (Å²) in [5.74, 6) is 1.03. The number of hydrogen-bond donors (Lipinski definition) is 1. The Morgan fingerprint density at radius 2 is 1.95 bits per heavy atom. The van der Waals surface area contributed by atoms with Crippen LogP contribution in [0.3, 0.4) is 0 Å². The maximum absolute atomic E-state index is 6.08. The highest BCUT2D eigenvalue weighted by atomic mass is 127. The molecule has 0 aliphatic heterocycles. The maximum atomic E-state index is 6.08. The average molecular weight is 411 g/mol. The van der Waals surface area contributed by atoms with Crippen LogP contribution in [0.15, 0.2) is 47.0 Å². The van der Waals surface area contributed by atoms with Crippen LogP contribution in [0.2, 0.25) is 5.02 Å². The van der Waals surface area contributed by atoms with Gasteiger partial charge >= 0.3 is 0 Å². The third-order valence-electron chi connectivity index (χ3n) is 3.27. The zero-order valence-electron chi connectivity index (χ0n) is 11.2. The van der Waals surface area contributed by atoms with E-state index in [4.69, 9.17) is 21.9 Å². The lowest BCUT2D eigenvalue weighted by atomic mass is 10.0. The molecule has 2 aromatic carbocycles. The van der Waals surface area contributed by atoms with E-state index in [1.54, 1.807) is 0 Å². The SMILES string of the molecule is Cc1cccc(-c2onc(N)c2-c2cccc(Cl)c2)c1I. The topological polar surface area (TPSA) is 52.0 Å². The minimum atomic E-state index is 0.365. The molecule has 0 fully saturated rings. The van der Waals surface area contributed by atoms with E-state index in [-0.39, 0.29) is 0 Å². The van der Waals surface area contributed by atoms with Crippen LogP contribution in [0.1, 0.15) is 5.56 Å². The van der Waals surface area contributed by atoms with Crippen molar-refractivity contribution in [1.29, 1.82) is 0 Å². The summed E-state index contributed by atoms with van der Waals surface area (Å²) in [6.45, 7) is 2.06. The van der Waals surface area contributed by atoms with Gasteiger partial charge in [0, 0.05) is 14.2 Å². The van der Waals surface area contributed by atoms with Crippen LogP contribution < -0.4 is 5.73 Å². The monoisotopic (exact) mass is 410 g/mol. The Morgan fingerprint density at radius 3 is 2.71 bits per heavy atom. The van der Waals surface area contributed by atoms with E-state index < -0.39 is 0 Å². The first-order valence-corrected chi connectivity index (χ1v) is 7.80. The molecule has 1 aromatic heterocycles. The Kier molecular flexibility index (Phi) is 3.91. The van der Waals surface area contributed by atoms with Crippen LogP contribution >= 0.6 is 34.2 Å². The van der Waals surface area contributed by atoms with Gasteiger partial charge in [-0.05, 0) is 52.8 Å². The van der Waals surface area contributed by atoms with Gasteiger partial charge in [0.25, 0.3) is 0 Å². The average Bonchev–Trinajstić information content (AvgIpc) is 2.83. The highest BCUT2D eigenvalue weighted by Gasteiger charge is 2.20. The fraction of sp³-hybridized carbons (Fsp3) is 0.0625. The van der Waals surface area contributed by atoms with E-state index in [2.05, 4.69) is 40.7 Å². The van der Waals surface area contributed by atoms with Gasteiger partial charge in [0.2, 0.25) is 0 Å². The molecule has 5 heteroatoms. The van der Waals surface area contributed by atoms with Gasteiger partial charge < -0.3 is 10.3 Å². The van der Waals surface area contributed by atoms with Gasteiger partial charge in [-0.2, -0.15) is 0 Å². The summed E-state index contributed by atoms with van der Waals surface area (Å²) in [5.41, 5.74) is 9.84. The molecule has 0 radical (unpaired) electrons. The fourth-order valence-electron chi connectivity index (χ4n) is 2.23. The second-order valence-corrected chi connectivity index (χ2v) is 6.23. The first-order chi connectivity index (χ1) is 10.1. The van der Waals surface area contributed by atoms with E-state index >= 15 is 0 Å². The summed E-state index contributed by atoms with van der Waals surface area (Å²) in [5, 5.41) is 4.58. The normalized spacial score (nSPS) is 10.8. The molecule has 0 bridgehead atoms. The number of halogens is 2. The molecule has 3 aromatic rings. The summed E-state index contributed by atoms with van der Waals surface area (Å²) < 4.78 is 6.61. The molecule has 1 heterocycles. The molecule has 3 rings (SSSR count). The molecule has 0 amide bonds. The predicted molar refractivity (Wildman–Crippen MR) is 94.3 cm³/mol. The number of benzene rings is 2. The largest absolute Gasteiger partial charge is 0.380 e. The number of aromatic nitrogens is 1. The van der Waals surface area contributed by atoms with E-state index in [1.807, 2.05) is 36.4 Å².